The van der Waals surface area contributed by atoms with E-state index in [1.165, 1.54) is 0 Å². The van der Waals surface area contributed by atoms with Gasteiger partial charge in [0.15, 0.2) is 5.78 Å². The first kappa shape index (κ1) is 14.2. The predicted octanol–water partition coefficient (Wildman–Crippen LogP) is 3.12. The Labute approximate surface area is 111 Å². The lowest BCUT2D eigenvalue weighted by atomic mass is 10.1. The van der Waals surface area contributed by atoms with Gasteiger partial charge < -0.3 is 9.64 Å². The van der Waals surface area contributed by atoms with Crippen molar-refractivity contribution in [1.82, 2.24) is 0 Å². The van der Waals surface area contributed by atoms with E-state index in [4.69, 9.17) is 4.74 Å². The summed E-state index contributed by atoms with van der Waals surface area (Å²) in [4.78, 5) is 13.4. The summed E-state index contributed by atoms with van der Waals surface area (Å²) in [6.07, 6.45) is 0.985. The van der Waals surface area contributed by atoms with Gasteiger partial charge in [-0.1, -0.05) is 0 Å². The SMILES string of the molecule is COCCCN(C)c1ccc(C(C)=O)c(Br)c1. The van der Waals surface area contributed by atoms with Gasteiger partial charge in [-0.15, -0.1) is 0 Å². The van der Waals surface area contributed by atoms with E-state index in [0.717, 1.165) is 35.3 Å². The van der Waals surface area contributed by atoms with Crippen molar-refractivity contribution in [3.05, 3.63) is 28.2 Å². The first-order valence-electron chi connectivity index (χ1n) is 5.57. The molecule has 1 aromatic rings. The number of halogens is 1. The van der Waals surface area contributed by atoms with Gasteiger partial charge in [-0.2, -0.15) is 0 Å². The van der Waals surface area contributed by atoms with Crippen LogP contribution in [0.3, 0.4) is 0 Å². The van der Waals surface area contributed by atoms with Gasteiger partial charge in [-0.25, -0.2) is 0 Å². The van der Waals surface area contributed by atoms with E-state index in [1.807, 2.05) is 25.2 Å². The zero-order chi connectivity index (χ0) is 12.8. The summed E-state index contributed by atoms with van der Waals surface area (Å²) in [5.74, 6) is 0.0745. The van der Waals surface area contributed by atoms with Crippen LogP contribution in [-0.2, 0) is 4.74 Å². The van der Waals surface area contributed by atoms with Crippen LogP contribution < -0.4 is 4.90 Å². The van der Waals surface area contributed by atoms with Crippen molar-refractivity contribution in [2.24, 2.45) is 0 Å². The Bertz CT molecular complexity index is 393. The normalized spacial score (nSPS) is 10.4. The number of ketones is 1. The quantitative estimate of drug-likeness (QED) is 0.597. The first-order chi connectivity index (χ1) is 8.06. The number of ether oxygens (including phenoxy) is 1. The number of methoxy groups -OCH3 is 1. The van der Waals surface area contributed by atoms with Gasteiger partial charge in [-0.3, -0.25) is 4.79 Å². The van der Waals surface area contributed by atoms with E-state index < -0.39 is 0 Å². The summed E-state index contributed by atoms with van der Waals surface area (Å²) >= 11 is 3.43. The average molecular weight is 300 g/mol. The van der Waals surface area contributed by atoms with Crippen molar-refractivity contribution in [2.75, 3.05) is 32.2 Å². The van der Waals surface area contributed by atoms with Gasteiger partial charge in [0.05, 0.1) is 0 Å². The molecule has 0 saturated carbocycles. The molecule has 17 heavy (non-hydrogen) atoms. The molecule has 94 valence electrons. The molecule has 4 heteroatoms. The van der Waals surface area contributed by atoms with Crippen LogP contribution in [0.1, 0.15) is 23.7 Å². The Hall–Kier alpha value is -0.870. The van der Waals surface area contributed by atoms with Crippen LogP contribution in [0.5, 0.6) is 0 Å². The number of nitrogens with zero attached hydrogens (tertiary/aromatic N) is 1. The van der Waals surface area contributed by atoms with E-state index >= 15 is 0 Å². The number of anilines is 1. The number of carbonyl (C=O) groups excluding carboxylic acids is 1. The predicted molar refractivity (Wildman–Crippen MR) is 73.9 cm³/mol. The van der Waals surface area contributed by atoms with Gasteiger partial charge >= 0.3 is 0 Å². The Morgan fingerprint density at radius 2 is 2.18 bits per heavy atom. The fraction of sp³-hybridized carbons (Fsp3) is 0.462. The maximum atomic E-state index is 11.3. The minimum absolute atomic E-state index is 0.0745. The second-order valence-electron chi connectivity index (χ2n) is 3.99. The van der Waals surface area contributed by atoms with Gasteiger partial charge in [0.1, 0.15) is 0 Å². The number of carbonyl (C=O) groups is 1. The Kier molecular flexibility index (Phi) is 5.65. The van der Waals surface area contributed by atoms with Crippen molar-refractivity contribution in [3.8, 4) is 0 Å². The van der Waals surface area contributed by atoms with E-state index in [-0.39, 0.29) is 5.78 Å². The molecule has 1 aromatic carbocycles. The molecule has 0 unspecified atom stereocenters. The third kappa shape index (κ3) is 4.13. The summed E-state index contributed by atoms with van der Waals surface area (Å²) in [5.41, 5.74) is 1.82. The number of benzene rings is 1. The molecule has 0 atom stereocenters. The fourth-order valence-electron chi connectivity index (χ4n) is 1.60. The molecule has 0 saturated heterocycles. The third-order valence-electron chi connectivity index (χ3n) is 2.61. The molecule has 0 aliphatic heterocycles. The molecule has 3 nitrogen and oxygen atoms in total. The Balaban J connectivity index is 2.72. The first-order valence-corrected chi connectivity index (χ1v) is 6.36. The van der Waals surface area contributed by atoms with Crippen LogP contribution in [0.4, 0.5) is 5.69 Å². The van der Waals surface area contributed by atoms with Gasteiger partial charge in [0.2, 0.25) is 0 Å². The highest BCUT2D eigenvalue weighted by molar-refractivity contribution is 9.10. The van der Waals surface area contributed by atoms with E-state index in [1.54, 1.807) is 14.0 Å². The van der Waals surface area contributed by atoms with Crippen molar-refractivity contribution < 1.29 is 9.53 Å². The molecule has 0 radical (unpaired) electrons. The second kappa shape index (κ2) is 6.77. The van der Waals surface area contributed by atoms with Gasteiger partial charge in [-0.05, 0) is 47.5 Å². The smallest absolute Gasteiger partial charge is 0.160 e. The Morgan fingerprint density at radius 3 is 2.71 bits per heavy atom. The number of Topliss-reactive ketones (excluding diaryl/α,β-unsaturated/α-hetero) is 1. The highest BCUT2D eigenvalue weighted by Crippen LogP contribution is 2.24. The van der Waals surface area contributed by atoms with Crippen LogP contribution in [0.25, 0.3) is 0 Å². The summed E-state index contributed by atoms with van der Waals surface area (Å²) in [6.45, 7) is 3.26. The molecule has 1 rings (SSSR count). The minimum Gasteiger partial charge on any atom is -0.385 e. The van der Waals surface area contributed by atoms with Crippen LogP contribution in [0.15, 0.2) is 22.7 Å². The number of hydrogen-bond donors (Lipinski definition) is 0. The van der Waals surface area contributed by atoms with Crippen LogP contribution >= 0.6 is 15.9 Å². The highest BCUT2D eigenvalue weighted by Gasteiger charge is 2.07. The molecule has 0 fully saturated rings. The topological polar surface area (TPSA) is 29.5 Å². The number of rotatable bonds is 6. The molecule has 0 bridgehead atoms. The van der Waals surface area contributed by atoms with E-state index in [2.05, 4.69) is 20.8 Å². The van der Waals surface area contributed by atoms with Crippen molar-refractivity contribution in [3.63, 3.8) is 0 Å². The highest BCUT2D eigenvalue weighted by atomic mass is 79.9. The number of hydrogen-bond acceptors (Lipinski definition) is 3. The molecule has 0 heterocycles. The van der Waals surface area contributed by atoms with Crippen molar-refractivity contribution in [1.29, 1.82) is 0 Å². The molecular formula is C13H18BrNO2. The molecule has 0 aromatic heterocycles. The van der Waals surface area contributed by atoms with Gasteiger partial charge in [0.25, 0.3) is 0 Å². The zero-order valence-corrected chi connectivity index (χ0v) is 12.1. The summed E-state index contributed by atoms with van der Waals surface area (Å²) in [6, 6.07) is 5.80. The van der Waals surface area contributed by atoms with Crippen LogP contribution in [0, 0.1) is 0 Å². The van der Waals surface area contributed by atoms with Crippen molar-refractivity contribution >= 4 is 27.4 Å². The maximum absolute atomic E-state index is 11.3. The molecule has 0 aliphatic rings. The lowest BCUT2D eigenvalue weighted by Gasteiger charge is -2.19. The standard InChI is InChI=1S/C13H18BrNO2/c1-10(16)12-6-5-11(9-13(12)14)15(2)7-4-8-17-3/h5-6,9H,4,7-8H2,1-3H3. The minimum atomic E-state index is 0.0745. The van der Waals surface area contributed by atoms with Gasteiger partial charge in [0, 0.05) is 43.0 Å². The zero-order valence-electron chi connectivity index (χ0n) is 10.5. The molecular weight excluding hydrogens is 282 g/mol. The summed E-state index contributed by atoms with van der Waals surface area (Å²) < 4.78 is 5.87. The molecule has 0 spiro atoms. The summed E-state index contributed by atoms with van der Waals surface area (Å²) in [7, 11) is 3.74. The fourth-order valence-corrected chi connectivity index (χ4v) is 2.25. The summed E-state index contributed by atoms with van der Waals surface area (Å²) in [5, 5.41) is 0. The average Bonchev–Trinajstić information content (AvgIpc) is 2.28. The maximum Gasteiger partial charge on any atom is 0.160 e. The van der Waals surface area contributed by atoms with Crippen LogP contribution in [-0.4, -0.2) is 33.1 Å². The lowest BCUT2D eigenvalue weighted by Crippen LogP contribution is -2.19. The van der Waals surface area contributed by atoms with E-state index in [0.29, 0.717) is 0 Å². The molecule has 0 N–H and O–H groups in total. The Morgan fingerprint density at radius 1 is 1.47 bits per heavy atom. The third-order valence-corrected chi connectivity index (χ3v) is 3.27. The molecule has 0 amide bonds. The molecule has 0 aliphatic carbocycles. The monoisotopic (exact) mass is 299 g/mol. The lowest BCUT2D eigenvalue weighted by molar-refractivity contribution is 0.101. The van der Waals surface area contributed by atoms with Crippen LogP contribution in [0.2, 0.25) is 0 Å². The second-order valence-corrected chi connectivity index (χ2v) is 4.84. The van der Waals surface area contributed by atoms with Crippen molar-refractivity contribution in [2.45, 2.75) is 13.3 Å². The van der Waals surface area contributed by atoms with E-state index in [9.17, 15) is 4.79 Å². The largest absolute Gasteiger partial charge is 0.385 e.